The Bertz CT molecular complexity index is 1700. The molecule has 0 N–H and O–H groups in total. The first-order chi connectivity index (χ1) is 21.0. The van der Waals surface area contributed by atoms with E-state index in [1.807, 2.05) is 0 Å². The van der Waals surface area contributed by atoms with Gasteiger partial charge in [-0.1, -0.05) is 83.9 Å². The molecule has 2 atom stereocenters. The van der Waals surface area contributed by atoms with Gasteiger partial charge >= 0.3 is 12.4 Å². The molecule has 4 aromatic rings. The zero-order valence-electron chi connectivity index (χ0n) is 22.6. The van der Waals surface area contributed by atoms with Crippen LogP contribution in [0.3, 0.4) is 0 Å². The van der Waals surface area contributed by atoms with Crippen molar-refractivity contribution in [2.24, 2.45) is 0 Å². The Morgan fingerprint density at radius 2 is 0.889 bits per heavy atom. The van der Waals surface area contributed by atoms with Gasteiger partial charge in [-0.05, 0) is 70.8 Å². The highest BCUT2D eigenvalue weighted by Crippen LogP contribution is 2.40. The van der Waals surface area contributed by atoms with Gasteiger partial charge in [-0.3, -0.25) is 0 Å². The fraction of sp³-hybridized carbons (Fsp3) is 0.125. The molecule has 0 aliphatic heterocycles. The summed E-state index contributed by atoms with van der Waals surface area (Å²) in [5.41, 5.74) is -3.63. The number of benzene rings is 4. The van der Waals surface area contributed by atoms with Gasteiger partial charge in [0.05, 0.1) is 11.1 Å². The van der Waals surface area contributed by atoms with E-state index >= 15 is 0 Å². The number of halogens is 10. The van der Waals surface area contributed by atoms with Crippen LogP contribution in [0.1, 0.15) is 43.9 Å². The first-order valence-corrected chi connectivity index (χ1v) is 15.2. The maximum Gasteiger partial charge on any atom is 0.417 e. The van der Waals surface area contributed by atoms with E-state index < -0.39 is 66.6 Å². The predicted octanol–water partition coefficient (Wildman–Crippen LogP) is 10.9. The van der Waals surface area contributed by atoms with Crippen molar-refractivity contribution < 1.29 is 43.5 Å². The molecule has 0 fully saturated rings. The first-order valence-electron chi connectivity index (χ1n) is 12.8. The van der Waals surface area contributed by atoms with Crippen molar-refractivity contribution in [1.82, 2.24) is 0 Å². The largest absolute Gasteiger partial charge is 0.417 e. The van der Waals surface area contributed by atoms with E-state index in [1.165, 1.54) is 48.5 Å². The summed E-state index contributed by atoms with van der Waals surface area (Å²) in [6.07, 6.45) is -6.26. The number of hydrogen-bond donors (Lipinski definition) is 0. The smallest absolute Gasteiger partial charge is 0.227 e. The number of sulfone groups is 1. The summed E-state index contributed by atoms with van der Waals surface area (Å²) in [5, 5.41) is -2.91. The number of alkyl halides is 6. The first kappa shape index (κ1) is 34.2. The van der Waals surface area contributed by atoms with Crippen molar-refractivity contribution in [3.05, 3.63) is 152 Å². The van der Waals surface area contributed by atoms with Crippen LogP contribution in [0.15, 0.2) is 97.1 Å². The van der Waals surface area contributed by atoms with Crippen molar-refractivity contribution >= 4 is 45.2 Å². The molecular weight excluding hydrogens is 671 g/mol. The van der Waals surface area contributed by atoms with Crippen molar-refractivity contribution in [3.8, 4) is 0 Å². The second-order valence-corrected chi connectivity index (χ2v) is 12.8. The Labute approximate surface area is 263 Å². The molecule has 0 aliphatic carbocycles. The molecule has 45 heavy (non-hydrogen) atoms. The lowest BCUT2D eigenvalue weighted by Crippen LogP contribution is -2.19. The molecule has 0 saturated carbocycles. The van der Waals surface area contributed by atoms with Crippen LogP contribution < -0.4 is 0 Å². The van der Waals surface area contributed by atoms with E-state index in [0.29, 0.717) is 0 Å². The zero-order valence-corrected chi connectivity index (χ0v) is 24.9. The average Bonchev–Trinajstić information content (AvgIpc) is 2.95. The Balaban J connectivity index is 1.91. The van der Waals surface area contributed by atoms with Gasteiger partial charge in [0.25, 0.3) is 0 Å². The maximum atomic E-state index is 14.4. The molecule has 236 valence electrons. The molecule has 0 saturated heterocycles. The predicted molar refractivity (Wildman–Crippen MR) is 158 cm³/mol. The SMILES string of the molecule is O=S(=O)(C(C=Cc1ccc(F)cc1C(F)(F)F)c1ccc(Cl)cc1)C(C=Cc1ccc(F)cc1C(F)(F)F)c1ccc(Cl)cc1. The molecule has 0 radical (unpaired) electrons. The summed E-state index contributed by atoms with van der Waals surface area (Å²) >= 11 is 11.9. The van der Waals surface area contributed by atoms with Gasteiger partial charge in [-0.25, -0.2) is 17.2 Å². The lowest BCUT2D eigenvalue weighted by atomic mass is 10.0. The van der Waals surface area contributed by atoms with Crippen molar-refractivity contribution in [2.45, 2.75) is 22.9 Å². The molecule has 4 aromatic carbocycles. The van der Waals surface area contributed by atoms with Crippen molar-refractivity contribution in [1.29, 1.82) is 0 Å². The third-order valence-electron chi connectivity index (χ3n) is 6.65. The van der Waals surface area contributed by atoms with Crippen LogP contribution >= 0.6 is 23.2 Å². The number of hydrogen-bond acceptors (Lipinski definition) is 2. The quantitative estimate of drug-likeness (QED) is 0.172. The molecule has 13 heteroatoms. The highest BCUT2D eigenvalue weighted by atomic mass is 35.5. The highest BCUT2D eigenvalue weighted by molar-refractivity contribution is 7.92. The molecule has 0 aliphatic rings. The maximum absolute atomic E-state index is 14.4. The molecule has 0 heterocycles. The summed E-state index contributed by atoms with van der Waals surface area (Å²) in [6.45, 7) is 0. The van der Waals surface area contributed by atoms with Gasteiger partial charge in [-0.15, -0.1) is 0 Å². The summed E-state index contributed by atoms with van der Waals surface area (Å²) in [6, 6.07) is 14.5. The average molecular weight is 691 g/mol. The lowest BCUT2D eigenvalue weighted by molar-refractivity contribution is -0.138. The van der Waals surface area contributed by atoms with Gasteiger partial charge < -0.3 is 0 Å². The zero-order chi connectivity index (χ0) is 33.2. The van der Waals surface area contributed by atoms with Gasteiger partial charge in [-0.2, -0.15) is 26.3 Å². The summed E-state index contributed by atoms with van der Waals surface area (Å²) in [7, 11) is -4.62. The van der Waals surface area contributed by atoms with Crippen LogP contribution in [-0.2, 0) is 22.2 Å². The second kappa shape index (κ2) is 13.4. The van der Waals surface area contributed by atoms with E-state index in [9.17, 15) is 43.5 Å². The van der Waals surface area contributed by atoms with Gasteiger partial charge in [0.15, 0.2) is 9.84 Å². The molecular formula is C32H20Cl2F8O2S. The summed E-state index contributed by atoms with van der Waals surface area (Å²) in [4.78, 5) is 0. The molecule has 0 spiro atoms. The Morgan fingerprint density at radius 3 is 1.20 bits per heavy atom. The van der Waals surface area contributed by atoms with E-state index in [0.717, 1.165) is 48.6 Å². The minimum atomic E-state index is -4.98. The van der Waals surface area contributed by atoms with E-state index in [-0.39, 0.29) is 33.3 Å². The molecule has 0 amide bonds. The third-order valence-corrected chi connectivity index (χ3v) is 9.43. The number of rotatable bonds is 8. The fourth-order valence-electron chi connectivity index (χ4n) is 4.50. The van der Waals surface area contributed by atoms with E-state index in [2.05, 4.69) is 0 Å². The minimum Gasteiger partial charge on any atom is -0.227 e. The van der Waals surface area contributed by atoms with Crippen LogP contribution in [0, 0.1) is 11.6 Å². The van der Waals surface area contributed by atoms with E-state index in [1.54, 1.807) is 0 Å². The Morgan fingerprint density at radius 1 is 0.556 bits per heavy atom. The lowest BCUT2D eigenvalue weighted by Gasteiger charge is -2.22. The molecule has 2 unspecified atom stereocenters. The normalized spacial score (nSPS) is 14.3. The van der Waals surface area contributed by atoms with E-state index in [4.69, 9.17) is 23.2 Å². The monoisotopic (exact) mass is 690 g/mol. The summed E-state index contributed by atoms with van der Waals surface area (Å²) in [5.74, 6) is -2.32. The topological polar surface area (TPSA) is 34.1 Å². The molecule has 2 nitrogen and oxygen atoms in total. The van der Waals surface area contributed by atoms with Crippen molar-refractivity contribution in [3.63, 3.8) is 0 Å². The standard InChI is InChI=1S/C32H20Cl2F8O2S/c33-23-9-1-21(2-10-23)29(15-7-19-5-13-25(35)17-27(19)31(37,38)39)45(43,44)30(22-3-11-24(34)12-4-22)16-8-20-6-14-26(36)18-28(20)32(40,41)42/h1-18,29-30H. The van der Waals surface area contributed by atoms with Crippen LogP contribution in [-0.4, -0.2) is 8.42 Å². The van der Waals surface area contributed by atoms with Crippen LogP contribution in [0.25, 0.3) is 12.2 Å². The van der Waals surface area contributed by atoms with Gasteiger partial charge in [0, 0.05) is 10.0 Å². The molecule has 4 rings (SSSR count). The van der Waals surface area contributed by atoms with Crippen LogP contribution in [0.5, 0.6) is 0 Å². The summed E-state index contributed by atoms with van der Waals surface area (Å²) < 4.78 is 138. The van der Waals surface area contributed by atoms with Crippen LogP contribution in [0.2, 0.25) is 10.0 Å². The Hall–Kier alpha value is -3.67. The fourth-order valence-corrected chi connectivity index (χ4v) is 6.74. The second-order valence-electron chi connectivity index (χ2n) is 9.71. The van der Waals surface area contributed by atoms with Crippen molar-refractivity contribution in [2.75, 3.05) is 0 Å². The molecule has 0 aromatic heterocycles. The highest BCUT2D eigenvalue weighted by Gasteiger charge is 2.37. The molecule has 0 bridgehead atoms. The Kier molecular flexibility index (Phi) is 10.2. The van der Waals surface area contributed by atoms with Gasteiger partial charge in [0.2, 0.25) is 0 Å². The van der Waals surface area contributed by atoms with Gasteiger partial charge in [0.1, 0.15) is 22.1 Å². The van der Waals surface area contributed by atoms with Crippen LogP contribution in [0.4, 0.5) is 35.1 Å². The minimum absolute atomic E-state index is 0.0662. The third kappa shape index (κ3) is 8.33.